The lowest BCUT2D eigenvalue weighted by molar-refractivity contribution is 0.297. The van der Waals surface area contributed by atoms with Crippen molar-refractivity contribution in [3.63, 3.8) is 0 Å². The molecule has 3 aromatic rings. The number of nitrogens with one attached hydrogen (secondary N) is 1. The first-order valence-electron chi connectivity index (χ1n) is 5.94. The summed E-state index contributed by atoms with van der Waals surface area (Å²) in [6.07, 6.45) is 0. The second kappa shape index (κ2) is 4.80. The van der Waals surface area contributed by atoms with Gasteiger partial charge in [-0.25, -0.2) is 13.8 Å². The lowest BCUT2D eigenvalue weighted by atomic mass is 10.3. The van der Waals surface area contributed by atoms with Crippen LogP contribution in [-0.4, -0.2) is 9.97 Å². The topological polar surface area (TPSA) is 63.9 Å². The minimum atomic E-state index is -0.699. The average molecular weight is 275 g/mol. The standard InChI is InChI=1S/C14H11F2N3O/c15-8-5-11(16)14-12(6-8)18-13(19-14)7-20-10-3-1-9(17)2-4-10/h1-6H,7,17H2,(H,18,19). The summed E-state index contributed by atoms with van der Waals surface area (Å²) in [5, 5.41) is 0. The molecule has 6 heteroatoms. The van der Waals surface area contributed by atoms with Gasteiger partial charge >= 0.3 is 0 Å². The Balaban J connectivity index is 1.81. The Bertz CT molecular complexity index is 753. The van der Waals surface area contributed by atoms with E-state index in [-0.39, 0.29) is 12.1 Å². The monoisotopic (exact) mass is 275 g/mol. The molecule has 0 aliphatic rings. The van der Waals surface area contributed by atoms with Crippen LogP contribution >= 0.6 is 0 Å². The summed E-state index contributed by atoms with van der Waals surface area (Å²) < 4.78 is 32.0. The third-order valence-electron chi connectivity index (χ3n) is 2.81. The summed E-state index contributed by atoms with van der Waals surface area (Å²) in [5.41, 5.74) is 6.61. The number of hydrogen-bond acceptors (Lipinski definition) is 3. The number of imidazole rings is 1. The molecule has 1 aromatic heterocycles. The van der Waals surface area contributed by atoms with E-state index in [1.54, 1.807) is 24.3 Å². The first-order chi connectivity index (χ1) is 9.61. The van der Waals surface area contributed by atoms with Gasteiger partial charge in [-0.2, -0.15) is 0 Å². The summed E-state index contributed by atoms with van der Waals surface area (Å²) >= 11 is 0. The molecular formula is C14H11F2N3O. The molecule has 0 unspecified atom stereocenters. The second-order valence-corrected chi connectivity index (χ2v) is 4.32. The Morgan fingerprint density at radius 1 is 1.15 bits per heavy atom. The zero-order chi connectivity index (χ0) is 14.1. The highest BCUT2D eigenvalue weighted by Crippen LogP contribution is 2.19. The van der Waals surface area contributed by atoms with Crippen molar-refractivity contribution in [1.29, 1.82) is 0 Å². The van der Waals surface area contributed by atoms with Crippen LogP contribution in [0.25, 0.3) is 11.0 Å². The van der Waals surface area contributed by atoms with E-state index in [1.807, 2.05) is 0 Å². The van der Waals surface area contributed by atoms with Crippen molar-refractivity contribution in [2.45, 2.75) is 6.61 Å². The van der Waals surface area contributed by atoms with Crippen molar-refractivity contribution >= 4 is 16.7 Å². The number of H-pyrrole nitrogens is 1. The van der Waals surface area contributed by atoms with Gasteiger partial charge in [-0.05, 0) is 30.3 Å². The van der Waals surface area contributed by atoms with Crippen molar-refractivity contribution in [1.82, 2.24) is 9.97 Å². The third kappa shape index (κ3) is 2.40. The number of rotatable bonds is 3. The minimum Gasteiger partial charge on any atom is -0.486 e. The summed E-state index contributed by atoms with van der Waals surface area (Å²) in [5.74, 6) is -0.313. The molecule has 20 heavy (non-hydrogen) atoms. The van der Waals surface area contributed by atoms with Gasteiger partial charge in [0.15, 0.2) is 5.82 Å². The molecule has 102 valence electrons. The molecule has 0 radical (unpaired) electrons. The van der Waals surface area contributed by atoms with Crippen LogP contribution in [0.1, 0.15) is 5.82 Å². The van der Waals surface area contributed by atoms with Gasteiger partial charge in [0, 0.05) is 11.8 Å². The van der Waals surface area contributed by atoms with Crippen molar-refractivity contribution in [3.8, 4) is 5.75 Å². The van der Waals surface area contributed by atoms with Crippen molar-refractivity contribution in [3.05, 3.63) is 53.9 Å². The molecule has 0 aliphatic heterocycles. The van der Waals surface area contributed by atoms with E-state index >= 15 is 0 Å². The highest BCUT2D eigenvalue weighted by atomic mass is 19.1. The predicted octanol–water partition coefficient (Wildman–Crippen LogP) is 3.00. The van der Waals surface area contributed by atoms with Gasteiger partial charge in [-0.15, -0.1) is 0 Å². The first-order valence-corrected chi connectivity index (χ1v) is 5.94. The zero-order valence-electron chi connectivity index (χ0n) is 10.4. The highest BCUT2D eigenvalue weighted by Gasteiger charge is 2.10. The van der Waals surface area contributed by atoms with Crippen LogP contribution in [0.15, 0.2) is 36.4 Å². The van der Waals surface area contributed by atoms with Crippen LogP contribution in [0.4, 0.5) is 14.5 Å². The van der Waals surface area contributed by atoms with E-state index in [0.29, 0.717) is 22.8 Å². The summed E-state index contributed by atoms with van der Waals surface area (Å²) in [7, 11) is 0. The maximum Gasteiger partial charge on any atom is 0.153 e. The number of anilines is 1. The smallest absolute Gasteiger partial charge is 0.153 e. The molecule has 0 bridgehead atoms. The number of nitrogen functional groups attached to an aromatic ring is 1. The van der Waals surface area contributed by atoms with E-state index in [2.05, 4.69) is 9.97 Å². The Hall–Kier alpha value is -2.63. The molecule has 3 rings (SSSR count). The van der Waals surface area contributed by atoms with Crippen LogP contribution in [-0.2, 0) is 6.61 Å². The Morgan fingerprint density at radius 2 is 1.90 bits per heavy atom. The predicted molar refractivity (Wildman–Crippen MR) is 71.2 cm³/mol. The lowest BCUT2D eigenvalue weighted by Gasteiger charge is -2.03. The average Bonchev–Trinajstić information content (AvgIpc) is 2.81. The van der Waals surface area contributed by atoms with E-state index in [4.69, 9.17) is 10.5 Å². The van der Waals surface area contributed by atoms with E-state index in [9.17, 15) is 8.78 Å². The van der Waals surface area contributed by atoms with Gasteiger partial charge in [-0.3, -0.25) is 0 Å². The fraction of sp³-hybridized carbons (Fsp3) is 0.0714. The maximum absolute atomic E-state index is 13.5. The number of halogens is 2. The van der Waals surface area contributed by atoms with Gasteiger partial charge in [0.25, 0.3) is 0 Å². The van der Waals surface area contributed by atoms with Gasteiger partial charge in [0.2, 0.25) is 0 Å². The molecule has 1 heterocycles. The molecule has 0 spiro atoms. The number of nitrogens with zero attached hydrogens (tertiary/aromatic N) is 1. The van der Waals surface area contributed by atoms with E-state index in [1.165, 1.54) is 6.07 Å². The molecule has 0 amide bonds. The number of aromatic amines is 1. The second-order valence-electron chi connectivity index (χ2n) is 4.32. The van der Waals surface area contributed by atoms with Crippen molar-refractivity contribution < 1.29 is 13.5 Å². The molecule has 2 aromatic carbocycles. The summed E-state index contributed by atoms with van der Waals surface area (Å²) in [6.45, 7) is 0.125. The molecule has 0 saturated heterocycles. The molecular weight excluding hydrogens is 264 g/mol. The number of fused-ring (bicyclic) bond motifs is 1. The summed E-state index contributed by atoms with van der Waals surface area (Å²) in [6, 6.07) is 8.86. The number of hydrogen-bond donors (Lipinski definition) is 2. The molecule has 0 fully saturated rings. The maximum atomic E-state index is 13.5. The van der Waals surface area contributed by atoms with Crippen LogP contribution < -0.4 is 10.5 Å². The van der Waals surface area contributed by atoms with Crippen LogP contribution in [0, 0.1) is 11.6 Å². The number of aromatic nitrogens is 2. The molecule has 4 nitrogen and oxygen atoms in total. The quantitative estimate of drug-likeness (QED) is 0.722. The Morgan fingerprint density at radius 3 is 2.65 bits per heavy atom. The summed E-state index contributed by atoms with van der Waals surface area (Å²) in [4.78, 5) is 6.86. The van der Waals surface area contributed by atoms with Gasteiger partial charge in [0.1, 0.15) is 29.5 Å². The largest absolute Gasteiger partial charge is 0.486 e. The van der Waals surface area contributed by atoms with E-state index < -0.39 is 11.6 Å². The highest BCUT2D eigenvalue weighted by molar-refractivity contribution is 5.75. The normalized spacial score (nSPS) is 10.9. The van der Waals surface area contributed by atoms with Gasteiger partial charge < -0.3 is 15.5 Å². The number of ether oxygens (including phenoxy) is 1. The SMILES string of the molecule is Nc1ccc(OCc2nc3c(F)cc(F)cc3[nH]2)cc1. The molecule has 0 atom stereocenters. The minimum absolute atomic E-state index is 0.0994. The van der Waals surface area contributed by atoms with Crippen LogP contribution in [0.2, 0.25) is 0 Å². The number of benzene rings is 2. The first kappa shape index (κ1) is 12.4. The fourth-order valence-corrected chi connectivity index (χ4v) is 1.88. The fourth-order valence-electron chi connectivity index (χ4n) is 1.88. The third-order valence-corrected chi connectivity index (χ3v) is 2.81. The molecule has 0 aliphatic carbocycles. The lowest BCUT2D eigenvalue weighted by Crippen LogP contribution is -1.97. The van der Waals surface area contributed by atoms with E-state index in [0.717, 1.165) is 6.07 Å². The molecule has 3 N–H and O–H groups in total. The molecule has 0 saturated carbocycles. The number of nitrogens with two attached hydrogens (primary N) is 1. The van der Waals surface area contributed by atoms with Crippen LogP contribution in [0.3, 0.4) is 0 Å². The zero-order valence-corrected chi connectivity index (χ0v) is 10.4. The van der Waals surface area contributed by atoms with Crippen LogP contribution in [0.5, 0.6) is 5.75 Å². The van der Waals surface area contributed by atoms with Crippen molar-refractivity contribution in [2.24, 2.45) is 0 Å². The van der Waals surface area contributed by atoms with Gasteiger partial charge in [-0.1, -0.05) is 0 Å². The van der Waals surface area contributed by atoms with Crippen molar-refractivity contribution in [2.75, 3.05) is 5.73 Å². The Labute approximate surface area is 113 Å². The Kier molecular flexibility index (Phi) is 2.98. The van der Waals surface area contributed by atoms with Gasteiger partial charge in [0.05, 0.1) is 5.52 Å².